The summed E-state index contributed by atoms with van der Waals surface area (Å²) in [6.07, 6.45) is -0.617. The van der Waals surface area contributed by atoms with Crippen LogP contribution in [0.1, 0.15) is 16.8 Å². The zero-order chi connectivity index (χ0) is 20.3. The van der Waals surface area contributed by atoms with Crippen molar-refractivity contribution in [3.05, 3.63) is 54.1 Å². The number of benzene rings is 2. The minimum absolute atomic E-state index is 0.00210. The number of nitrogens with zero attached hydrogens (tertiary/aromatic N) is 1. The van der Waals surface area contributed by atoms with Gasteiger partial charge in [0.1, 0.15) is 5.75 Å². The van der Waals surface area contributed by atoms with Crippen LogP contribution in [0.25, 0.3) is 0 Å². The molecular formula is C19H19NO7S. The molecule has 2 aromatic carbocycles. The predicted octanol–water partition coefficient (Wildman–Crippen LogP) is 1.99. The van der Waals surface area contributed by atoms with Gasteiger partial charge in [0.25, 0.3) is 10.0 Å². The van der Waals surface area contributed by atoms with Gasteiger partial charge in [-0.15, -0.1) is 0 Å². The number of methoxy groups -OCH3 is 1. The Balaban J connectivity index is 1.79. The summed E-state index contributed by atoms with van der Waals surface area (Å²) in [4.78, 5) is 23.5. The molecule has 1 heterocycles. The number of cyclic esters (lactones) is 1. The van der Waals surface area contributed by atoms with Gasteiger partial charge in [-0.2, -0.15) is 0 Å². The summed E-state index contributed by atoms with van der Waals surface area (Å²) in [7, 11) is -0.995. The molecule has 0 aromatic heterocycles. The van der Waals surface area contributed by atoms with Crippen molar-refractivity contribution in [1.82, 2.24) is 0 Å². The Morgan fingerprint density at radius 2 is 1.82 bits per heavy atom. The first-order valence-corrected chi connectivity index (χ1v) is 9.88. The molecule has 1 fully saturated rings. The Kier molecular flexibility index (Phi) is 5.55. The number of esters is 2. The van der Waals surface area contributed by atoms with Crippen molar-refractivity contribution >= 4 is 27.6 Å². The summed E-state index contributed by atoms with van der Waals surface area (Å²) in [5.74, 6) is -0.880. The molecule has 2 aromatic rings. The van der Waals surface area contributed by atoms with E-state index in [4.69, 9.17) is 14.2 Å². The number of carbonyl (C=O) groups is 2. The summed E-state index contributed by atoms with van der Waals surface area (Å²) < 4.78 is 41.9. The van der Waals surface area contributed by atoms with Gasteiger partial charge < -0.3 is 14.2 Å². The normalized spacial score (nSPS) is 16.4. The minimum Gasteiger partial charge on any atom is -0.495 e. The van der Waals surface area contributed by atoms with Gasteiger partial charge in [-0.05, 0) is 36.4 Å². The maximum absolute atomic E-state index is 12.9. The van der Waals surface area contributed by atoms with Crippen molar-refractivity contribution in [2.24, 2.45) is 0 Å². The lowest BCUT2D eigenvalue weighted by molar-refractivity contribution is -0.145. The number of carbonyl (C=O) groups excluding carboxylic acids is 2. The van der Waals surface area contributed by atoms with Crippen LogP contribution in [0.3, 0.4) is 0 Å². The molecule has 28 heavy (non-hydrogen) atoms. The van der Waals surface area contributed by atoms with Crippen LogP contribution in [0.15, 0.2) is 53.4 Å². The smallest absolute Gasteiger partial charge is 0.347 e. The van der Waals surface area contributed by atoms with Crippen LogP contribution in [-0.2, 0) is 24.3 Å². The van der Waals surface area contributed by atoms with E-state index in [9.17, 15) is 18.0 Å². The highest BCUT2D eigenvalue weighted by molar-refractivity contribution is 7.92. The van der Waals surface area contributed by atoms with Gasteiger partial charge in [0, 0.05) is 13.5 Å². The molecule has 8 nitrogen and oxygen atoms in total. The van der Waals surface area contributed by atoms with Gasteiger partial charge in [-0.1, -0.05) is 12.1 Å². The van der Waals surface area contributed by atoms with E-state index in [1.807, 2.05) is 0 Å². The van der Waals surface area contributed by atoms with E-state index in [-0.39, 0.29) is 17.1 Å². The standard InChI is InChI=1S/C19H19NO7S/c1-20(15-5-3-4-6-16(15)25-2)28(23,24)14-9-7-13(8-10-14)18(21)27-17-11-12-26-19(17)22/h3-10,17H,11-12H2,1-2H3/t17-/m0/s1. The summed E-state index contributed by atoms with van der Waals surface area (Å²) in [5.41, 5.74) is 0.520. The lowest BCUT2D eigenvalue weighted by Gasteiger charge is -2.21. The van der Waals surface area contributed by atoms with E-state index < -0.39 is 28.1 Å². The van der Waals surface area contributed by atoms with Crippen LogP contribution < -0.4 is 9.04 Å². The Hall–Kier alpha value is -3.07. The van der Waals surface area contributed by atoms with Crippen molar-refractivity contribution in [1.29, 1.82) is 0 Å². The zero-order valence-electron chi connectivity index (χ0n) is 15.3. The highest BCUT2D eigenvalue weighted by Gasteiger charge is 2.31. The van der Waals surface area contributed by atoms with Crippen LogP contribution in [0, 0.1) is 0 Å². The highest BCUT2D eigenvalue weighted by atomic mass is 32.2. The van der Waals surface area contributed by atoms with Crippen LogP contribution >= 0.6 is 0 Å². The monoisotopic (exact) mass is 405 g/mol. The first kappa shape index (κ1) is 19.7. The molecule has 1 aliphatic heterocycles. The van der Waals surface area contributed by atoms with E-state index in [1.165, 1.54) is 38.4 Å². The number of anilines is 1. The largest absolute Gasteiger partial charge is 0.495 e. The molecule has 0 spiro atoms. The van der Waals surface area contributed by atoms with E-state index in [1.54, 1.807) is 24.3 Å². The number of para-hydroxylation sites is 2. The predicted molar refractivity (Wildman–Crippen MR) is 99.8 cm³/mol. The first-order valence-electron chi connectivity index (χ1n) is 8.44. The fourth-order valence-electron chi connectivity index (χ4n) is 2.72. The minimum atomic E-state index is -3.87. The Morgan fingerprint density at radius 3 is 2.43 bits per heavy atom. The quantitative estimate of drug-likeness (QED) is 0.678. The average molecular weight is 405 g/mol. The Morgan fingerprint density at radius 1 is 1.14 bits per heavy atom. The summed E-state index contributed by atoms with van der Waals surface area (Å²) >= 11 is 0. The van der Waals surface area contributed by atoms with E-state index in [0.717, 1.165) is 4.31 Å². The molecule has 148 valence electrons. The van der Waals surface area contributed by atoms with Crippen LogP contribution in [0.5, 0.6) is 5.75 Å². The van der Waals surface area contributed by atoms with Crippen molar-refractivity contribution in [2.75, 3.05) is 25.1 Å². The summed E-state index contributed by atoms with van der Waals surface area (Å²) in [6.45, 7) is 0.212. The zero-order valence-corrected chi connectivity index (χ0v) is 16.1. The fourth-order valence-corrected chi connectivity index (χ4v) is 3.93. The summed E-state index contributed by atoms with van der Waals surface area (Å²) in [6, 6.07) is 12.0. The van der Waals surface area contributed by atoms with E-state index in [0.29, 0.717) is 17.9 Å². The molecule has 1 atom stereocenters. The molecule has 0 amide bonds. The number of hydrogen-bond acceptors (Lipinski definition) is 7. The van der Waals surface area contributed by atoms with Gasteiger partial charge in [-0.25, -0.2) is 18.0 Å². The topological polar surface area (TPSA) is 99.2 Å². The number of ether oxygens (including phenoxy) is 3. The third-order valence-corrected chi connectivity index (χ3v) is 6.10. The molecule has 0 bridgehead atoms. The number of rotatable bonds is 6. The summed E-state index contributed by atoms with van der Waals surface area (Å²) in [5, 5.41) is 0. The second-order valence-corrected chi connectivity index (χ2v) is 7.99. The van der Waals surface area contributed by atoms with Crippen molar-refractivity contribution < 1.29 is 32.2 Å². The van der Waals surface area contributed by atoms with Gasteiger partial charge in [0.15, 0.2) is 0 Å². The molecule has 0 N–H and O–H groups in total. The fraction of sp³-hybridized carbons (Fsp3) is 0.263. The number of sulfonamides is 1. The molecule has 0 aliphatic carbocycles. The molecular weight excluding hydrogens is 386 g/mol. The molecule has 1 saturated heterocycles. The molecule has 3 rings (SSSR count). The van der Waals surface area contributed by atoms with Crippen LogP contribution in [0.2, 0.25) is 0 Å². The lowest BCUT2D eigenvalue weighted by atomic mass is 10.2. The maximum Gasteiger partial charge on any atom is 0.347 e. The third kappa shape index (κ3) is 3.79. The SMILES string of the molecule is COc1ccccc1N(C)S(=O)(=O)c1ccc(C(=O)O[C@H]2CCOC2=O)cc1. The molecule has 0 saturated carbocycles. The van der Waals surface area contributed by atoms with Crippen LogP contribution in [0.4, 0.5) is 5.69 Å². The molecule has 1 aliphatic rings. The molecule has 0 radical (unpaired) electrons. The molecule has 9 heteroatoms. The van der Waals surface area contributed by atoms with Gasteiger partial charge in [-0.3, -0.25) is 4.31 Å². The highest BCUT2D eigenvalue weighted by Crippen LogP contribution is 2.30. The Labute approximate surface area is 162 Å². The van der Waals surface area contributed by atoms with E-state index >= 15 is 0 Å². The third-order valence-electron chi connectivity index (χ3n) is 4.31. The van der Waals surface area contributed by atoms with Gasteiger partial charge in [0.2, 0.25) is 6.10 Å². The van der Waals surface area contributed by atoms with Crippen molar-refractivity contribution in [3.63, 3.8) is 0 Å². The van der Waals surface area contributed by atoms with E-state index in [2.05, 4.69) is 0 Å². The van der Waals surface area contributed by atoms with Crippen molar-refractivity contribution in [2.45, 2.75) is 17.4 Å². The second kappa shape index (κ2) is 7.89. The first-order chi connectivity index (χ1) is 13.3. The Bertz CT molecular complexity index is 986. The van der Waals surface area contributed by atoms with Crippen LogP contribution in [-0.4, -0.2) is 47.2 Å². The van der Waals surface area contributed by atoms with Gasteiger partial charge in [0.05, 0.1) is 29.9 Å². The number of hydrogen-bond donors (Lipinski definition) is 0. The molecule has 0 unspecified atom stereocenters. The maximum atomic E-state index is 12.9. The lowest BCUT2D eigenvalue weighted by Crippen LogP contribution is -2.27. The second-order valence-electron chi connectivity index (χ2n) is 6.02. The van der Waals surface area contributed by atoms with Crippen molar-refractivity contribution in [3.8, 4) is 5.75 Å². The average Bonchev–Trinajstić information content (AvgIpc) is 3.11. The van der Waals surface area contributed by atoms with Gasteiger partial charge >= 0.3 is 11.9 Å².